The minimum atomic E-state index is -0.391. The number of furan rings is 1. The van der Waals surface area contributed by atoms with Crippen LogP contribution in [-0.4, -0.2) is 29.8 Å². The van der Waals surface area contributed by atoms with Crippen LogP contribution in [0.15, 0.2) is 58.3 Å². The third-order valence-corrected chi connectivity index (χ3v) is 5.88. The molecule has 1 aliphatic rings. The number of fused-ring (bicyclic) bond motifs is 1. The van der Waals surface area contributed by atoms with E-state index < -0.39 is 5.91 Å². The zero-order valence-corrected chi connectivity index (χ0v) is 17.8. The highest BCUT2D eigenvalue weighted by molar-refractivity contribution is 7.14. The van der Waals surface area contributed by atoms with Gasteiger partial charge in [0.25, 0.3) is 5.91 Å². The second-order valence-electron chi connectivity index (χ2n) is 7.15. The van der Waals surface area contributed by atoms with Gasteiger partial charge in [-0.15, -0.1) is 11.3 Å². The van der Waals surface area contributed by atoms with Gasteiger partial charge in [-0.2, -0.15) is 0 Å². The maximum absolute atomic E-state index is 12.7. The second kappa shape index (κ2) is 7.93. The van der Waals surface area contributed by atoms with E-state index in [0.29, 0.717) is 39.2 Å². The number of methoxy groups -OCH3 is 1. The van der Waals surface area contributed by atoms with E-state index in [0.717, 1.165) is 10.3 Å². The van der Waals surface area contributed by atoms with Crippen molar-refractivity contribution in [1.82, 2.24) is 4.98 Å². The van der Waals surface area contributed by atoms with Crippen molar-refractivity contribution in [3.05, 3.63) is 59.5 Å². The van der Waals surface area contributed by atoms with Crippen molar-refractivity contribution in [2.75, 3.05) is 17.3 Å². The van der Waals surface area contributed by atoms with Gasteiger partial charge in [0.15, 0.2) is 22.2 Å². The monoisotopic (exact) mass is 447 g/mol. The average molecular weight is 447 g/mol. The molecule has 9 heteroatoms. The average Bonchev–Trinajstić information content (AvgIpc) is 3.52. The molecule has 4 aromatic rings. The summed E-state index contributed by atoms with van der Waals surface area (Å²) >= 11 is 1.26. The van der Waals surface area contributed by atoms with Crippen LogP contribution in [0.1, 0.15) is 23.2 Å². The summed E-state index contributed by atoms with van der Waals surface area (Å²) in [6.45, 7) is 0. The topological polar surface area (TPSA) is 102 Å². The summed E-state index contributed by atoms with van der Waals surface area (Å²) in [6, 6.07) is 13.9. The summed E-state index contributed by atoms with van der Waals surface area (Å²) < 4.78 is 11.2. The molecule has 0 spiro atoms. The number of rotatable bonds is 5. The Hall–Kier alpha value is -3.98. The van der Waals surface area contributed by atoms with E-state index in [1.165, 1.54) is 17.4 Å². The molecule has 1 aliphatic heterocycles. The maximum Gasteiger partial charge on any atom is 0.257 e. The molecule has 3 amide bonds. The van der Waals surface area contributed by atoms with Gasteiger partial charge < -0.3 is 9.15 Å². The van der Waals surface area contributed by atoms with E-state index >= 15 is 0 Å². The molecule has 1 fully saturated rings. The van der Waals surface area contributed by atoms with E-state index in [-0.39, 0.29) is 24.7 Å². The van der Waals surface area contributed by atoms with Gasteiger partial charge in [-0.1, -0.05) is 18.2 Å². The van der Waals surface area contributed by atoms with Gasteiger partial charge in [0, 0.05) is 29.2 Å². The number of aromatic nitrogens is 1. The smallest absolute Gasteiger partial charge is 0.257 e. The summed E-state index contributed by atoms with van der Waals surface area (Å²) in [5.41, 5.74) is 1.93. The first-order valence-corrected chi connectivity index (χ1v) is 10.7. The van der Waals surface area contributed by atoms with Crippen LogP contribution in [0.4, 0.5) is 10.8 Å². The number of nitrogens with one attached hydrogen (secondary N) is 1. The molecule has 0 aliphatic carbocycles. The Morgan fingerprint density at radius 3 is 2.69 bits per heavy atom. The van der Waals surface area contributed by atoms with Crippen LogP contribution in [0.2, 0.25) is 0 Å². The SMILES string of the molecule is COc1cccc2cc(-c3csc(NC(=O)c4cccc(N5C(=O)CCC5=O)c4)n3)oc12. The molecule has 1 N–H and O–H groups in total. The van der Waals surface area contributed by atoms with Gasteiger partial charge in [0.2, 0.25) is 11.8 Å². The number of thiazole rings is 1. The molecular formula is C23H17N3O5S. The Morgan fingerprint density at radius 2 is 1.91 bits per heavy atom. The Balaban J connectivity index is 1.36. The lowest BCUT2D eigenvalue weighted by Gasteiger charge is -2.14. The van der Waals surface area contributed by atoms with Crippen LogP contribution in [0.5, 0.6) is 5.75 Å². The molecular weight excluding hydrogens is 430 g/mol. The molecule has 5 rings (SSSR count). The van der Waals surface area contributed by atoms with Crippen molar-refractivity contribution < 1.29 is 23.5 Å². The van der Waals surface area contributed by atoms with Gasteiger partial charge in [0.05, 0.1) is 12.8 Å². The number of carbonyl (C=O) groups excluding carboxylic acids is 3. The molecule has 3 heterocycles. The Bertz CT molecular complexity index is 1360. The second-order valence-corrected chi connectivity index (χ2v) is 8.01. The molecule has 0 bridgehead atoms. The number of ether oxygens (including phenoxy) is 1. The van der Waals surface area contributed by atoms with Gasteiger partial charge in [-0.3, -0.25) is 24.6 Å². The van der Waals surface area contributed by atoms with Crippen molar-refractivity contribution in [2.45, 2.75) is 12.8 Å². The number of nitrogens with zero attached hydrogens (tertiary/aromatic N) is 2. The number of anilines is 2. The third-order valence-electron chi connectivity index (χ3n) is 5.12. The fourth-order valence-electron chi connectivity index (χ4n) is 3.59. The Kier molecular flexibility index (Phi) is 4.95. The number of carbonyl (C=O) groups is 3. The Labute approximate surface area is 186 Å². The lowest BCUT2D eigenvalue weighted by atomic mass is 10.2. The van der Waals surface area contributed by atoms with Gasteiger partial charge >= 0.3 is 0 Å². The quantitative estimate of drug-likeness (QED) is 0.453. The largest absolute Gasteiger partial charge is 0.493 e. The van der Waals surface area contributed by atoms with Crippen LogP contribution in [0.3, 0.4) is 0 Å². The zero-order valence-electron chi connectivity index (χ0n) is 17.0. The molecule has 160 valence electrons. The van der Waals surface area contributed by atoms with Crippen molar-refractivity contribution in [2.24, 2.45) is 0 Å². The fraction of sp³-hybridized carbons (Fsp3) is 0.130. The summed E-state index contributed by atoms with van der Waals surface area (Å²) in [5, 5.41) is 5.84. The molecule has 1 saturated heterocycles. The molecule has 8 nitrogen and oxygen atoms in total. The normalized spacial score (nSPS) is 13.7. The molecule has 0 radical (unpaired) electrons. The van der Waals surface area contributed by atoms with Crippen molar-refractivity contribution in [1.29, 1.82) is 0 Å². The highest BCUT2D eigenvalue weighted by Gasteiger charge is 2.30. The Morgan fingerprint density at radius 1 is 1.12 bits per heavy atom. The van der Waals surface area contributed by atoms with Crippen molar-refractivity contribution in [3.63, 3.8) is 0 Å². The van der Waals surface area contributed by atoms with Crippen LogP contribution >= 0.6 is 11.3 Å². The lowest BCUT2D eigenvalue weighted by molar-refractivity contribution is -0.121. The summed E-state index contributed by atoms with van der Waals surface area (Å²) in [6.07, 6.45) is 0.371. The highest BCUT2D eigenvalue weighted by Crippen LogP contribution is 2.34. The van der Waals surface area contributed by atoms with E-state index in [9.17, 15) is 14.4 Å². The van der Waals surface area contributed by atoms with E-state index in [1.807, 2.05) is 24.3 Å². The number of hydrogen-bond acceptors (Lipinski definition) is 7. The predicted molar refractivity (Wildman–Crippen MR) is 120 cm³/mol. The van der Waals surface area contributed by atoms with Crippen LogP contribution in [0, 0.1) is 0 Å². The summed E-state index contributed by atoms with van der Waals surface area (Å²) in [5.74, 6) is 0.277. The lowest BCUT2D eigenvalue weighted by Crippen LogP contribution is -2.28. The molecule has 0 saturated carbocycles. The van der Waals surface area contributed by atoms with E-state index in [4.69, 9.17) is 9.15 Å². The molecule has 0 unspecified atom stereocenters. The van der Waals surface area contributed by atoms with Crippen molar-refractivity contribution >= 4 is 50.8 Å². The minimum Gasteiger partial charge on any atom is -0.493 e. The molecule has 2 aromatic heterocycles. The van der Waals surface area contributed by atoms with Gasteiger partial charge in [-0.25, -0.2) is 4.98 Å². The minimum absolute atomic E-state index is 0.185. The number of hydrogen-bond donors (Lipinski definition) is 1. The van der Waals surface area contributed by atoms with Crippen LogP contribution in [0.25, 0.3) is 22.4 Å². The molecule has 2 aromatic carbocycles. The summed E-state index contributed by atoms with van der Waals surface area (Å²) in [7, 11) is 1.58. The molecule has 32 heavy (non-hydrogen) atoms. The predicted octanol–water partition coefficient (Wildman–Crippen LogP) is 4.47. The zero-order chi connectivity index (χ0) is 22.2. The standard InChI is InChI=1S/C23H17N3O5S/c1-30-17-7-3-4-13-11-18(31-21(13)17)16-12-32-23(24-16)25-22(29)14-5-2-6-15(10-14)26-19(27)8-9-20(26)28/h2-7,10-12H,8-9H2,1H3,(H,24,25,29). The van der Waals surface area contributed by atoms with Crippen LogP contribution in [-0.2, 0) is 9.59 Å². The van der Waals surface area contributed by atoms with Crippen molar-refractivity contribution in [3.8, 4) is 17.2 Å². The number of para-hydroxylation sites is 1. The van der Waals surface area contributed by atoms with E-state index in [1.54, 1.807) is 30.7 Å². The number of amides is 3. The first-order valence-electron chi connectivity index (χ1n) is 9.83. The maximum atomic E-state index is 12.7. The first-order chi connectivity index (χ1) is 15.5. The number of benzene rings is 2. The highest BCUT2D eigenvalue weighted by atomic mass is 32.1. The first kappa shape index (κ1) is 20.0. The van der Waals surface area contributed by atoms with Gasteiger partial charge in [-0.05, 0) is 30.3 Å². The summed E-state index contributed by atoms with van der Waals surface area (Å²) in [4.78, 5) is 42.3. The third kappa shape index (κ3) is 3.52. The molecule has 0 atom stereocenters. The van der Waals surface area contributed by atoms with Gasteiger partial charge in [0.1, 0.15) is 5.69 Å². The number of imide groups is 1. The fourth-order valence-corrected chi connectivity index (χ4v) is 4.28. The van der Waals surface area contributed by atoms with Crippen LogP contribution < -0.4 is 15.0 Å². The van der Waals surface area contributed by atoms with E-state index in [2.05, 4.69) is 10.3 Å².